The van der Waals surface area contributed by atoms with Gasteiger partial charge in [0.1, 0.15) is 5.75 Å². The summed E-state index contributed by atoms with van der Waals surface area (Å²) < 4.78 is 0. The molecule has 4 nitrogen and oxygen atoms in total. The maximum atomic E-state index is 10.4. The second kappa shape index (κ2) is 4.85. The molecule has 1 aromatic carbocycles. The first-order chi connectivity index (χ1) is 6.65. The number of phenolic OH excluding ortho intramolecular Hbond substituents is 1. The molecule has 0 aliphatic heterocycles. The number of hydrogen-bond acceptors (Lipinski definition) is 4. The summed E-state index contributed by atoms with van der Waals surface area (Å²) in [6.45, 7) is 0. The minimum absolute atomic E-state index is 0.0111. The normalized spacial score (nSPS) is 10.1. The molecule has 0 aliphatic carbocycles. The quantitative estimate of drug-likeness (QED) is 0.457. The van der Waals surface area contributed by atoms with Crippen LogP contribution in [0.4, 0.5) is 5.69 Å². The van der Waals surface area contributed by atoms with E-state index in [0.29, 0.717) is 17.7 Å². The van der Waals surface area contributed by atoms with Crippen molar-refractivity contribution in [3.63, 3.8) is 0 Å². The van der Waals surface area contributed by atoms with Crippen molar-refractivity contribution in [1.29, 1.82) is 0 Å². The summed E-state index contributed by atoms with van der Waals surface area (Å²) in [5, 5.41) is 19.8. The highest BCUT2D eigenvalue weighted by Crippen LogP contribution is 2.23. The Labute approximate surface area is 87.1 Å². The molecule has 0 radical (unpaired) electrons. The summed E-state index contributed by atoms with van der Waals surface area (Å²) in [5.41, 5.74) is 0.616. The lowest BCUT2D eigenvalue weighted by atomic mass is 10.1. The standard InChI is InChI=1S/C9H11NO3S/c11-9-4-3-8(10(12)13)6-7(9)2-1-5-14/h3-4,6,11,14H,1-2,5H2. The molecule has 0 atom stereocenters. The molecule has 0 heterocycles. The number of phenols is 1. The number of rotatable bonds is 4. The van der Waals surface area contributed by atoms with Crippen LogP contribution in [0.2, 0.25) is 0 Å². The van der Waals surface area contributed by atoms with E-state index in [1.54, 1.807) is 0 Å². The van der Waals surface area contributed by atoms with Crippen molar-refractivity contribution in [2.24, 2.45) is 0 Å². The molecule has 0 aromatic heterocycles. The van der Waals surface area contributed by atoms with E-state index >= 15 is 0 Å². The number of aryl methyl sites for hydroxylation is 1. The highest BCUT2D eigenvalue weighted by Gasteiger charge is 2.09. The minimum Gasteiger partial charge on any atom is -0.508 e. The molecule has 1 aromatic rings. The fraction of sp³-hybridized carbons (Fsp3) is 0.333. The van der Waals surface area contributed by atoms with Crippen molar-refractivity contribution in [3.8, 4) is 5.75 Å². The van der Waals surface area contributed by atoms with Crippen molar-refractivity contribution < 1.29 is 10.0 Å². The molecule has 0 saturated carbocycles. The third-order valence-corrected chi connectivity index (χ3v) is 2.19. The minimum atomic E-state index is -0.469. The Balaban J connectivity index is 2.90. The van der Waals surface area contributed by atoms with E-state index in [9.17, 15) is 15.2 Å². The Hall–Kier alpha value is -1.23. The number of nitro groups is 1. The topological polar surface area (TPSA) is 63.4 Å². The first-order valence-electron chi connectivity index (χ1n) is 4.22. The van der Waals surface area contributed by atoms with E-state index in [1.807, 2.05) is 0 Å². The Kier molecular flexibility index (Phi) is 3.76. The smallest absolute Gasteiger partial charge is 0.269 e. The number of hydrogen-bond donors (Lipinski definition) is 2. The lowest BCUT2D eigenvalue weighted by Crippen LogP contribution is -1.92. The van der Waals surface area contributed by atoms with E-state index in [4.69, 9.17) is 0 Å². The van der Waals surface area contributed by atoms with Crippen LogP contribution >= 0.6 is 12.6 Å². The summed E-state index contributed by atoms with van der Waals surface area (Å²) in [6, 6.07) is 4.05. The molecular formula is C9H11NO3S. The molecule has 0 spiro atoms. The van der Waals surface area contributed by atoms with Crippen LogP contribution in [0.25, 0.3) is 0 Å². The van der Waals surface area contributed by atoms with Crippen LogP contribution in [0.3, 0.4) is 0 Å². The Morgan fingerprint density at radius 1 is 1.50 bits per heavy atom. The van der Waals surface area contributed by atoms with Crippen LogP contribution in [0.5, 0.6) is 5.75 Å². The third-order valence-electron chi connectivity index (χ3n) is 1.88. The molecule has 76 valence electrons. The molecule has 5 heteroatoms. The molecule has 0 aliphatic rings. The van der Waals surface area contributed by atoms with Crippen molar-refractivity contribution in [2.75, 3.05) is 5.75 Å². The maximum Gasteiger partial charge on any atom is 0.269 e. The Morgan fingerprint density at radius 3 is 2.79 bits per heavy atom. The fourth-order valence-electron chi connectivity index (χ4n) is 1.16. The van der Waals surface area contributed by atoms with Crippen LogP contribution in [0, 0.1) is 10.1 Å². The van der Waals surface area contributed by atoms with E-state index in [2.05, 4.69) is 12.6 Å². The predicted molar refractivity (Wildman–Crippen MR) is 56.9 cm³/mol. The highest BCUT2D eigenvalue weighted by atomic mass is 32.1. The van der Waals surface area contributed by atoms with Crippen molar-refractivity contribution in [1.82, 2.24) is 0 Å². The maximum absolute atomic E-state index is 10.4. The Morgan fingerprint density at radius 2 is 2.21 bits per heavy atom. The summed E-state index contributed by atoms with van der Waals surface area (Å²) in [6.07, 6.45) is 1.40. The number of non-ortho nitro benzene ring substituents is 1. The first kappa shape index (κ1) is 10.8. The second-order valence-corrected chi connectivity index (χ2v) is 3.34. The lowest BCUT2D eigenvalue weighted by molar-refractivity contribution is -0.384. The van der Waals surface area contributed by atoms with E-state index in [1.165, 1.54) is 18.2 Å². The number of benzene rings is 1. The van der Waals surface area contributed by atoms with E-state index in [-0.39, 0.29) is 11.4 Å². The van der Waals surface area contributed by atoms with Gasteiger partial charge in [0.2, 0.25) is 0 Å². The van der Waals surface area contributed by atoms with Gasteiger partial charge < -0.3 is 5.11 Å². The lowest BCUT2D eigenvalue weighted by Gasteiger charge is -2.02. The molecule has 0 unspecified atom stereocenters. The molecule has 0 saturated heterocycles. The summed E-state index contributed by atoms with van der Waals surface area (Å²) >= 11 is 4.04. The van der Waals surface area contributed by atoms with Gasteiger partial charge in [-0.1, -0.05) is 0 Å². The molecule has 0 bridgehead atoms. The zero-order valence-electron chi connectivity index (χ0n) is 7.51. The van der Waals surface area contributed by atoms with Gasteiger partial charge in [0, 0.05) is 17.7 Å². The van der Waals surface area contributed by atoms with E-state index < -0.39 is 4.92 Å². The van der Waals surface area contributed by atoms with Gasteiger partial charge in [0.05, 0.1) is 4.92 Å². The van der Waals surface area contributed by atoms with Gasteiger partial charge >= 0.3 is 0 Å². The van der Waals surface area contributed by atoms with Crippen molar-refractivity contribution in [3.05, 3.63) is 33.9 Å². The average Bonchev–Trinajstić information content (AvgIpc) is 2.16. The van der Waals surface area contributed by atoms with Gasteiger partial charge in [0.15, 0.2) is 0 Å². The number of nitrogens with zero attached hydrogens (tertiary/aromatic N) is 1. The molecule has 14 heavy (non-hydrogen) atoms. The third kappa shape index (κ3) is 2.63. The summed E-state index contributed by atoms with van der Waals surface area (Å²) in [7, 11) is 0. The Bertz CT molecular complexity index is 341. The number of thiol groups is 1. The summed E-state index contributed by atoms with van der Waals surface area (Å²) in [4.78, 5) is 9.98. The van der Waals surface area contributed by atoms with Gasteiger partial charge in [0.25, 0.3) is 5.69 Å². The van der Waals surface area contributed by atoms with Gasteiger partial charge in [-0.15, -0.1) is 0 Å². The SMILES string of the molecule is O=[N+]([O-])c1ccc(O)c(CCCS)c1. The van der Waals surface area contributed by atoms with Crippen molar-refractivity contribution >= 4 is 18.3 Å². The van der Waals surface area contributed by atoms with Gasteiger partial charge in [-0.05, 0) is 24.7 Å². The largest absolute Gasteiger partial charge is 0.508 e. The van der Waals surface area contributed by atoms with Gasteiger partial charge in [-0.2, -0.15) is 12.6 Å². The summed E-state index contributed by atoms with van der Waals surface area (Å²) in [5.74, 6) is 0.805. The zero-order chi connectivity index (χ0) is 10.6. The second-order valence-electron chi connectivity index (χ2n) is 2.90. The van der Waals surface area contributed by atoms with E-state index in [0.717, 1.165) is 6.42 Å². The number of nitro benzene ring substituents is 1. The van der Waals surface area contributed by atoms with Crippen LogP contribution in [0.1, 0.15) is 12.0 Å². The van der Waals surface area contributed by atoms with Crippen molar-refractivity contribution in [2.45, 2.75) is 12.8 Å². The van der Waals surface area contributed by atoms with Crippen LogP contribution in [-0.4, -0.2) is 15.8 Å². The molecule has 1 N–H and O–H groups in total. The highest BCUT2D eigenvalue weighted by molar-refractivity contribution is 7.80. The van der Waals surface area contributed by atoms with Crippen LogP contribution < -0.4 is 0 Å². The molecule has 1 rings (SSSR count). The molecule has 0 amide bonds. The monoisotopic (exact) mass is 213 g/mol. The fourth-order valence-corrected chi connectivity index (χ4v) is 1.31. The van der Waals surface area contributed by atoms with Gasteiger partial charge in [-0.25, -0.2) is 0 Å². The predicted octanol–water partition coefficient (Wildman–Crippen LogP) is 2.16. The molecule has 0 fully saturated rings. The average molecular weight is 213 g/mol. The number of aromatic hydroxyl groups is 1. The van der Waals surface area contributed by atoms with Crippen LogP contribution in [0.15, 0.2) is 18.2 Å². The zero-order valence-corrected chi connectivity index (χ0v) is 8.41. The van der Waals surface area contributed by atoms with Gasteiger partial charge in [-0.3, -0.25) is 10.1 Å². The first-order valence-corrected chi connectivity index (χ1v) is 4.85. The molecular weight excluding hydrogens is 202 g/mol. The van der Waals surface area contributed by atoms with Crippen LogP contribution in [-0.2, 0) is 6.42 Å².